The number of allylic oxidation sites excluding steroid dienone is 1. The molecule has 3 atom stereocenters. The lowest BCUT2D eigenvalue weighted by Crippen LogP contribution is -2.35. The molecule has 1 aliphatic carbocycles. The van der Waals surface area contributed by atoms with Gasteiger partial charge in [0.05, 0.1) is 6.42 Å². The second-order valence-electron chi connectivity index (χ2n) is 4.44. The molecule has 13 heavy (non-hydrogen) atoms. The van der Waals surface area contributed by atoms with Gasteiger partial charge in [0.1, 0.15) is 6.10 Å². The van der Waals surface area contributed by atoms with E-state index in [-0.39, 0.29) is 17.5 Å². The van der Waals surface area contributed by atoms with Gasteiger partial charge in [-0.3, -0.25) is 4.79 Å². The Hall–Kier alpha value is -0.790. The Morgan fingerprint density at radius 2 is 2.46 bits per heavy atom. The molecular weight excluding hydrogens is 164 g/mol. The van der Waals surface area contributed by atoms with Crippen molar-refractivity contribution < 1.29 is 9.53 Å². The van der Waals surface area contributed by atoms with Crippen LogP contribution in [0.15, 0.2) is 12.7 Å². The molecule has 0 aromatic carbocycles. The van der Waals surface area contributed by atoms with E-state index < -0.39 is 0 Å². The van der Waals surface area contributed by atoms with Gasteiger partial charge in [0, 0.05) is 5.92 Å². The SMILES string of the molecule is C=C[C@@]1(C)CCC[C@H]2OC(=O)C[C@H]21. The number of carbonyl (C=O) groups excluding carboxylic acids is 1. The van der Waals surface area contributed by atoms with Crippen LogP contribution in [0, 0.1) is 11.3 Å². The molecule has 0 radical (unpaired) electrons. The Balaban J connectivity index is 2.23. The number of esters is 1. The second kappa shape index (κ2) is 2.86. The van der Waals surface area contributed by atoms with Gasteiger partial charge in [-0.05, 0) is 24.7 Å². The highest BCUT2D eigenvalue weighted by atomic mass is 16.5. The van der Waals surface area contributed by atoms with Crippen molar-refractivity contribution in [2.45, 2.75) is 38.7 Å². The predicted octanol–water partition coefficient (Wildman–Crippen LogP) is 2.29. The highest BCUT2D eigenvalue weighted by Gasteiger charge is 2.47. The number of hydrogen-bond donors (Lipinski definition) is 0. The van der Waals surface area contributed by atoms with Crippen molar-refractivity contribution in [2.75, 3.05) is 0 Å². The van der Waals surface area contributed by atoms with Crippen molar-refractivity contribution in [3.05, 3.63) is 12.7 Å². The van der Waals surface area contributed by atoms with E-state index in [4.69, 9.17) is 4.74 Å². The number of hydrogen-bond acceptors (Lipinski definition) is 2. The molecule has 0 unspecified atom stereocenters. The lowest BCUT2D eigenvalue weighted by atomic mass is 9.66. The van der Waals surface area contributed by atoms with E-state index in [0.29, 0.717) is 12.3 Å². The standard InChI is InChI=1S/C11H16O2/c1-3-11(2)6-4-5-9-8(11)7-10(12)13-9/h3,8-9H,1,4-7H2,2H3/t8-,9-,11+/m1/s1. The molecule has 1 aliphatic heterocycles. The van der Waals surface area contributed by atoms with E-state index in [1.54, 1.807) is 0 Å². The monoisotopic (exact) mass is 180 g/mol. The Morgan fingerprint density at radius 3 is 3.15 bits per heavy atom. The van der Waals surface area contributed by atoms with E-state index in [9.17, 15) is 4.79 Å². The molecule has 2 rings (SSSR count). The van der Waals surface area contributed by atoms with Crippen LogP contribution < -0.4 is 0 Å². The van der Waals surface area contributed by atoms with E-state index in [1.165, 1.54) is 0 Å². The maximum Gasteiger partial charge on any atom is 0.306 e. The summed E-state index contributed by atoms with van der Waals surface area (Å²) in [5, 5.41) is 0. The molecule has 0 amide bonds. The molecule has 0 N–H and O–H groups in total. The molecule has 1 saturated heterocycles. The predicted molar refractivity (Wildman–Crippen MR) is 50.1 cm³/mol. The highest BCUT2D eigenvalue weighted by Crippen LogP contribution is 2.47. The lowest BCUT2D eigenvalue weighted by Gasteiger charge is -2.38. The molecule has 0 aromatic heterocycles. The summed E-state index contributed by atoms with van der Waals surface area (Å²) in [6.45, 7) is 6.07. The van der Waals surface area contributed by atoms with Crippen LogP contribution in [0.4, 0.5) is 0 Å². The molecule has 0 bridgehead atoms. The van der Waals surface area contributed by atoms with Crippen molar-refractivity contribution in [1.82, 2.24) is 0 Å². The van der Waals surface area contributed by atoms with Gasteiger partial charge in [0.15, 0.2) is 0 Å². The van der Waals surface area contributed by atoms with Crippen LogP contribution in [0.25, 0.3) is 0 Å². The molecule has 2 nitrogen and oxygen atoms in total. The summed E-state index contributed by atoms with van der Waals surface area (Å²) in [6, 6.07) is 0. The topological polar surface area (TPSA) is 26.3 Å². The van der Waals surface area contributed by atoms with E-state index in [2.05, 4.69) is 13.5 Å². The zero-order valence-corrected chi connectivity index (χ0v) is 8.08. The minimum Gasteiger partial charge on any atom is -0.462 e. The van der Waals surface area contributed by atoms with Crippen molar-refractivity contribution in [2.24, 2.45) is 11.3 Å². The first kappa shape index (κ1) is 8.79. The largest absolute Gasteiger partial charge is 0.462 e. The average Bonchev–Trinajstić information content (AvgIpc) is 2.48. The smallest absolute Gasteiger partial charge is 0.306 e. The molecule has 1 heterocycles. The van der Waals surface area contributed by atoms with E-state index in [1.807, 2.05) is 6.08 Å². The summed E-state index contributed by atoms with van der Waals surface area (Å²) in [7, 11) is 0. The fourth-order valence-corrected chi connectivity index (χ4v) is 2.65. The third kappa shape index (κ3) is 1.28. The second-order valence-corrected chi connectivity index (χ2v) is 4.44. The summed E-state index contributed by atoms with van der Waals surface area (Å²) in [5.41, 5.74) is 0.120. The lowest BCUT2D eigenvalue weighted by molar-refractivity contribution is -0.142. The normalized spacial score (nSPS) is 43.9. The third-order valence-electron chi connectivity index (χ3n) is 3.64. The zero-order chi connectivity index (χ0) is 9.47. The molecule has 2 fully saturated rings. The van der Waals surface area contributed by atoms with Crippen LogP contribution in [-0.2, 0) is 9.53 Å². The minimum atomic E-state index is -0.0232. The first-order valence-electron chi connectivity index (χ1n) is 4.99. The molecule has 2 aliphatic rings. The zero-order valence-electron chi connectivity index (χ0n) is 8.08. The first-order chi connectivity index (χ1) is 6.15. The number of rotatable bonds is 1. The van der Waals surface area contributed by atoms with Gasteiger partial charge in [-0.2, -0.15) is 0 Å². The maximum absolute atomic E-state index is 11.2. The Bertz CT molecular complexity index is 246. The summed E-state index contributed by atoms with van der Waals surface area (Å²) in [5.74, 6) is 0.358. The van der Waals surface area contributed by atoms with Crippen molar-refractivity contribution >= 4 is 5.97 Å². The van der Waals surface area contributed by atoms with Crippen molar-refractivity contribution in [3.63, 3.8) is 0 Å². The fourth-order valence-electron chi connectivity index (χ4n) is 2.65. The van der Waals surface area contributed by atoms with Gasteiger partial charge in [-0.25, -0.2) is 0 Å². The van der Waals surface area contributed by atoms with Gasteiger partial charge in [-0.15, -0.1) is 6.58 Å². The minimum absolute atomic E-state index is 0.0232. The molecule has 1 saturated carbocycles. The Morgan fingerprint density at radius 1 is 1.69 bits per heavy atom. The first-order valence-corrected chi connectivity index (χ1v) is 4.99. The molecule has 72 valence electrons. The van der Waals surface area contributed by atoms with Gasteiger partial charge in [0.25, 0.3) is 0 Å². The molecule has 0 spiro atoms. The Labute approximate surface area is 79.0 Å². The Kier molecular flexibility index (Phi) is 1.94. The number of ether oxygens (including phenoxy) is 1. The summed E-state index contributed by atoms with van der Waals surface area (Å²) in [6.07, 6.45) is 6.11. The molecular formula is C11H16O2. The van der Waals surface area contributed by atoms with Crippen LogP contribution >= 0.6 is 0 Å². The summed E-state index contributed by atoms with van der Waals surface area (Å²) < 4.78 is 5.28. The quantitative estimate of drug-likeness (QED) is 0.457. The van der Waals surface area contributed by atoms with Crippen molar-refractivity contribution in [1.29, 1.82) is 0 Å². The maximum atomic E-state index is 11.2. The van der Waals surface area contributed by atoms with Crippen LogP contribution in [-0.4, -0.2) is 12.1 Å². The summed E-state index contributed by atoms with van der Waals surface area (Å²) >= 11 is 0. The average molecular weight is 180 g/mol. The number of carbonyl (C=O) groups is 1. The van der Waals surface area contributed by atoms with Crippen molar-refractivity contribution in [3.8, 4) is 0 Å². The highest BCUT2D eigenvalue weighted by molar-refractivity contribution is 5.72. The number of fused-ring (bicyclic) bond motifs is 1. The van der Waals surface area contributed by atoms with E-state index in [0.717, 1.165) is 19.3 Å². The van der Waals surface area contributed by atoms with Crippen LogP contribution in [0.1, 0.15) is 32.6 Å². The third-order valence-corrected chi connectivity index (χ3v) is 3.64. The van der Waals surface area contributed by atoms with E-state index >= 15 is 0 Å². The fraction of sp³-hybridized carbons (Fsp3) is 0.727. The van der Waals surface area contributed by atoms with Gasteiger partial charge in [0.2, 0.25) is 0 Å². The molecule has 2 heteroatoms. The summed E-state index contributed by atoms with van der Waals surface area (Å²) in [4.78, 5) is 11.2. The molecule has 0 aromatic rings. The van der Waals surface area contributed by atoms with Crippen LogP contribution in [0.5, 0.6) is 0 Å². The van der Waals surface area contributed by atoms with Crippen LogP contribution in [0.3, 0.4) is 0 Å². The van der Waals surface area contributed by atoms with Crippen LogP contribution in [0.2, 0.25) is 0 Å². The van der Waals surface area contributed by atoms with Gasteiger partial charge in [-0.1, -0.05) is 13.0 Å². The van der Waals surface area contributed by atoms with Gasteiger partial charge < -0.3 is 4.74 Å². The van der Waals surface area contributed by atoms with Gasteiger partial charge >= 0.3 is 5.97 Å².